The molecule has 1 fully saturated rings. The number of nitrogens with one attached hydrogen (secondary N) is 2. The van der Waals surface area contributed by atoms with Gasteiger partial charge in [-0.25, -0.2) is 4.98 Å². The summed E-state index contributed by atoms with van der Waals surface area (Å²) >= 11 is 0. The third-order valence-corrected chi connectivity index (χ3v) is 4.35. The van der Waals surface area contributed by atoms with E-state index in [9.17, 15) is 4.79 Å². The molecule has 1 saturated heterocycles. The second-order valence-corrected chi connectivity index (χ2v) is 6.03. The minimum Gasteiger partial charge on any atom is -0.357 e. The molecule has 2 atom stereocenters. The minimum atomic E-state index is -0.0295. The zero-order valence-electron chi connectivity index (χ0n) is 14.7. The molecule has 2 rings (SSSR count). The SMILES string of the molecule is CCCN(CC)c1ccc(C(=O)NC2CNCCC2C)cn1.Cl.Cl. The number of pyridine rings is 1. The van der Waals surface area contributed by atoms with Crippen molar-refractivity contribution < 1.29 is 4.79 Å². The third kappa shape index (κ3) is 6.11. The number of carbonyl (C=O) groups is 1. The van der Waals surface area contributed by atoms with Crippen molar-refractivity contribution in [3.05, 3.63) is 23.9 Å². The first kappa shape index (κ1) is 23.0. The van der Waals surface area contributed by atoms with Crippen molar-refractivity contribution >= 4 is 36.5 Å². The number of halogens is 2. The second-order valence-electron chi connectivity index (χ2n) is 6.03. The fourth-order valence-electron chi connectivity index (χ4n) is 2.85. The molecule has 0 radical (unpaired) electrons. The molecule has 0 spiro atoms. The lowest BCUT2D eigenvalue weighted by Gasteiger charge is -2.30. The predicted molar refractivity (Wildman–Crippen MR) is 105 cm³/mol. The zero-order chi connectivity index (χ0) is 15.9. The van der Waals surface area contributed by atoms with Crippen LogP contribution in [0.5, 0.6) is 0 Å². The highest BCUT2D eigenvalue weighted by Gasteiger charge is 2.23. The molecule has 0 saturated carbocycles. The Morgan fingerprint density at radius 3 is 2.67 bits per heavy atom. The lowest BCUT2D eigenvalue weighted by molar-refractivity contribution is 0.0915. The van der Waals surface area contributed by atoms with Crippen LogP contribution in [0.4, 0.5) is 5.82 Å². The number of rotatable bonds is 6. The molecule has 2 heterocycles. The summed E-state index contributed by atoms with van der Waals surface area (Å²) in [6.45, 7) is 10.3. The zero-order valence-corrected chi connectivity index (χ0v) is 16.4. The van der Waals surface area contributed by atoms with E-state index in [4.69, 9.17) is 0 Å². The maximum atomic E-state index is 12.3. The van der Waals surface area contributed by atoms with Gasteiger partial charge in [-0.15, -0.1) is 24.8 Å². The summed E-state index contributed by atoms with van der Waals surface area (Å²) in [5.41, 5.74) is 0.633. The quantitative estimate of drug-likeness (QED) is 0.801. The van der Waals surface area contributed by atoms with Gasteiger partial charge in [0.15, 0.2) is 0 Å². The van der Waals surface area contributed by atoms with Gasteiger partial charge in [-0.05, 0) is 44.4 Å². The summed E-state index contributed by atoms with van der Waals surface area (Å²) < 4.78 is 0. The molecule has 1 aromatic heterocycles. The van der Waals surface area contributed by atoms with Crippen LogP contribution in [0, 0.1) is 5.92 Å². The second kappa shape index (κ2) is 11.5. The van der Waals surface area contributed by atoms with Crippen molar-refractivity contribution in [3.63, 3.8) is 0 Å². The van der Waals surface area contributed by atoms with Gasteiger partial charge in [0.05, 0.1) is 5.56 Å². The summed E-state index contributed by atoms with van der Waals surface area (Å²) in [7, 11) is 0. The van der Waals surface area contributed by atoms with Crippen molar-refractivity contribution in [3.8, 4) is 0 Å². The fourth-order valence-corrected chi connectivity index (χ4v) is 2.85. The highest BCUT2D eigenvalue weighted by atomic mass is 35.5. The van der Waals surface area contributed by atoms with Gasteiger partial charge in [0.25, 0.3) is 5.91 Å². The summed E-state index contributed by atoms with van der Waals surface area (Å²) in [6, 6.07) is 4.02. The van der Waals surface area contributed by atoms with Gasteiger partial charge in [0, 0.05) is 31.9 Å². The van der Waals surface area contributed by atoms with Gasteiger partial charge < -0.3 is 15.5 Å². The van der Waals surface area contributed by atoms with E-state index in [1.807, 2.05) is 12.1 Å². The first-order chi connectivity index (χ1) is 10.7. The van der Waals surface area contributed by atoms with Crippen LogP contribution < -0.4 is 15.5 Å². The van der Waals surface area contributed by atoms with E-state index in [0.717, 1.165) is 44.8 Å². The number of carbonyl (C=O) groups excluding carboxylic acids is 1. The topological polar surface area (TPSA) is 57.3 Å². The van der Waals surface area contributed by atoms with Crippen LogP contribution in [0.2, 0.25) is 0 Å². The van der Waals surface area contributed by atoms with Gasteiger partial charge >= 0.3 is 0 Å². The Labute approximate surface area is 157 Å². The first-order valence-electron chi connectivity index (χ1n) is 8.38. The maximum absolute atomic E-state index is 12.3. The minimum absolute atomic E-state index is 0. The average molecular weight is 377 g/mol. The molecule has 5 nitrogen and oxygen atoms in total. The van der Waals surface area contributed by atoms with Crippen LogP contribution in [0.15, 0.2) is 18.3 Å². The largest absolute Gasteiger partial charge is 0.357 e. The Balaban J connectivity index is 0.00000264. The van der Waals surface area contributed by atoms with E-state index in [1.165, 1.54) is 0 Å². The van der Waals surface area contributed by atoms with E-state index in [1.54, 1.807) is 6.20 Å². The average Bonchev–Trinajstić information content (AvgIpc) is 2.55. The molecule has 2 unspecified atom stereocenters. The highest BCUT2D eigenvalue weighted by Crippen LogP contribution is 2.14. The lowest BCUT2D eigenvalue weighted by atomic mass is 9.94. The van der Waals surface area contributed by atoms with Gasteiger partial charge in [-0.2, -0.15) is 0 Å². The standard InChI is InChI=1S/C17H28N4O.2ClH/c1-4-10-21(5-2)16-7-6-14(11-19-16)17(22)20-15-12-18-9-8-13(15)3;;/h6-7,11,13,15,18H,4-5,8-10,12H2,1-3H3,(H,20,22);2*1H. The Morgan fingerprint density at radius 2 is 2.12 bits per heavy atom. The maximum Gasteiger partial charge on any atom is 0.253 e. The number of nitrogens with zero attached hydrogens (tertiary/aromatic N) is 2. The Morgan fingerprint density at radius 1 is 1.38 bits per heavy atom. The number of hydrogen-bond donors (Lipinski definition) is 2. The van der Waals surface area contributed by atoms with Crippen LogP contribution in [0.25, 0.3) is 0 Å². The number of hydrogen-bond acceptors (Lipinski definition) is 4. The third-order valence-electron chi connectivity index (χ3n) is 4.35. The normalized spacial score (nSPS) is 19.6. The summed E-state index contributed by atoms with van der Waals surface area (Å²) in [5.74, 6) is 1.42. The molecule has 24 heavy (non-hydrogen) atoms. The van der Waals surface area contributed by atoms with E-state index >= 15 is 0 Å². The monoisotopic (exact) mass is 376 g/mol. The summed E-state index contributed by atoms with van der Waals surface area (Å²) in [4.78, 5) is 19.0. The van der Waals surface area contributed by atoms with E-state index < -0.39 is 0 Å². The van der Waals surface area contributed by atoms with Crippen LogP contribution in [0.3, 0.4) is 0 Å². The molecule has 1 aliphatic rings. The highest BCUT2D eigenvalue weighted by molar-refractivity contribution is 5.94. The Hall–Kier alpha value is -1.04. The van der Waals surface area contributed by atoms with E-state index in [2.05, 4.69) is 41.3 Å². The fraction of sp³-hybridized carbons (Fsp3) is 0.647. The molecule has 0 bridgehead atoms. The van der Waals surface area contributed by atoms with Crippen molar-refractivity contribution in [2.45, 2.75) is 39.7 Å². The molecule has 2 N–H and O–H groups in total. The van der Waals surface area contributed by atoms with E-state index in [-0.39, 0.29) is 36.8 Å². The number of piperidine rings is 1. The predicted octanol–water partition coefficient (Wildman–Crippen LogP) is 2.89. The van der Waals surface area contributed by atoms with Crippen LogP contribution in [-0.4, -0.2) is 43.1 Å². The Kier molecular flexibility index (Phi) is 11.0. The van der Waals surface area contributed by atoms with Crippen molar-refractivity contribution in [2.24, 2.45) is 5.92 Å². The lowest BCUT2D eigenvalue weighted by Crippen LogP contribution is -2.50. The van der Waals surface area contributed by atoms with Crippen LogP contribution >= 0.6 is 24.8 Å². The number of aromatic nitrogens is 1. The summed E-state index contributed by atoms with van der Waals surface area (Å²) in [5, 5.41) is 6.45. The number of anilines is 1. The molecule has 0 aromatic carbocycles. The van der Waals surface area contributed by atoms with Gasteiger partial charge in [-0.1, -0.05) is 13.8 Å². The molecule has 1 aliphatic heterocycles. The molecular weight excluding hydrogens is 347 g/mol. The molecular formula is C17H30Cl2N4O. The van der Waals surface area contributed by atoms with Gasteiger partial charge in [0.1, 0.15) is 5.82 Å². The van der Waals surface area contributed by atoms with Crippen LogP contribution in [0.1, 0.15) is 44.0 Å². The Bertz CT molecular complexity index is 484. The molecule has 1 amide bonds. The molecule has 0 aliphatic carbocycles. The van der Waals surface area contributed by atoms with Crippen LogP contribution in [-0.2, 0) is 0 Å². The first-order valence-corrected chi connectivity index (χ1v) is 8.38. The number of amides is 1. The molecule has 138 valence electrons. The molecule has 1 aromatic rings. The molecule has 7 heteroatoms. The van der Waals surface area contributed by atoms with Crippen molar-refractivity contribution in [1.82, 2.24) is 15.6 Å². The van der Waals surface area contributed by atoms with Gasteiger partial charge in [0.2, 0.25) is 0 Å². The summed E-state index contributed by atoms with van der Waals surface area (Å²) in [6.07, 6.45) is 3.87. The van der Waals surface area contributed by atoms with Crippen molar-refractivity contribution in [1.29, 1.82) is 0 Å². The van der Waals surface area contributed by atoms with Crippen molar-refractivity contribution in [2.75, 3.05) is 31.1 Å². The van der Waals surface area contributed by atoms with Gasteiger partial charge in [-0.3, -0.25) is 4.79 Å². The van der Waals surface area contributed by atoms with E-state index in [0.29, 0.717) is 11.5 Å². The smallest absolute Gasteiger partial charge is 0.253 e.